The highest BCUT2D eigenvalue weighted by Crippen LogP contribution is 2.20. The number of hydrogen-bond acceptors (Lipinski definition) is 6. The molecule has 0 saturated heterocycles. The van der Waals surface area contributed by atoms with E-state index in [2.05, 4.69) is 25.3 Å². The number of nitrogens with one attached hydrogen (secondary N) is 1. The summed E-state index contributed by atoms with van der Waals surface area (Å²) in [5.41, 5.74) is 1.08. The average molecular weight is 314 g/mol. The predicted molar refractivity (Wildman–Crippen MR) is 82.3 cm³/mol. The molecule has 3 aromatic heterocycles. The van der Waals surface area contributed by atoms with E-state index in [-0.39, 0.29) is 5.91 Å². The van der Waals surface area contributed by atoms with E-state index in [1.54, 1.807) is 36.5 Å². The highest BCUT2D eigenvalue weighted by molar-refractivity contribution is 7.13. The summed E-state index contributed by atoms with van der Waals surface area (Å²) in [6.45, 7) is 1.41. The minimum atomic E-state index is -0.169. The van der Waals surface area contributed by atoms with Gasteiger partial charge in [0.25, 0.3) is 5.91 Å². The van der Waals surface area contributed by atoms with Gasteiger partial charge >= 0.3 is 0 Å². The largest absolute Gasteiger partial charge is 0.351 e. The number of nitrogens with zero attached hydrogens (tertiary/aromatic N) is 5. The summed E-state index contributed by atoms with van der Waals surface area (Å²) in [6, 6.07) is 0. The third kappa shape index (κ3) is 3.53. The minimum Gasteiger partial charge on any atom is -0.351 e. The molecule has 22 heavy (non-hydrogen) atoms. The van der Waals surface area contributed by atoms with Crippen molar-refractivity contribution in [3.63, 3.8) is 0 Å². The third-order valence-corrected chi connectivity index (χ3v) is 3.82. The first-order valence-corrected chi connectivity index (χ1v) is 7.67. The summed E-state index contributed by atoms with van der Waals surface area (Å²) in [6.07, 6.45) is 11.1. The maximum absolute atomic E-state index is 12.0. The van der Waals surface area contributed by atoms with Crippen LogP contribution in [0, 0.1) is 0 Å². The number of imidazole rings is 1. The fraction of sp³-hybridized carbons (Fsp3) is 0.214. The molecule has 0 saturated carbocycles. The van der Waals surface area contributed by atoms with Crippen molar-refractivity contribution in [1.82, 2.24) is 29.8 Å². The van der Waals surface area contributed by atoms with Crippen LogP contribution in [0.25, 0.3) is 10.7 Å². The molecule has 8 heteroatoms. The Bertz CT molecular complexity index is 725. The standard InChI is InChI=1S/C14H14N6OS/c21-13(18-2-1-6-20-7-5-16-10-20)12-9-22-14(19-12)11-8-15-3-4-17-11/h3-5,7-10H,1-2,6H2,(H,18,21). The van der Waals surface area contributed by atoms with E-state index in [0.29, 0.717) is 22.9 Å². The van der Waals surface area contributed by atoms with Crippen LogP contribution >= 0.6 is 11.3 Å². The highest BCUT2D eigenvalue weighted by atomic mass is 32.1. The van der Waals surface area contributed by atoms with Crippen LogP contribution in [0.1, 0.15) is 16.9 Å². The number of aromatic nitrogens is 5. The van der Waals surface area contributed by atoms with Crippen molar-refractivity contribution >= 4 is 17.2 Å². The SMILES string of the molecule is O=C(NCCCn1ccnc1)c1csc(-c2cnccn2)n1. The molecular weight excluding hydrogens is 300 g/mol. The lowest BCUT2D eigenvalue weighted by molar-refractivity contribution is 0.0948. The second-order valence-corrected chi connectivity index (χ2v) is 5.40. The van der Waals surface area contributed by atoms with Crippen molar-refractivity contribution in [2.75, 3.05) is 6.54 Å². The van der Waals surface area contributed by atoms with Crippen LogP contribution in [0.3, 0.4) is 0 Å². The average Bonchev–Trinajstić information content (AvgIpc) is 3.24. The van der Waals surface area contributed by atoms with Crippen molar-refractivity contribution in [1.29, 1.82) is 0 Å². The van der Waals surface area contributed by atoms with Crippen LogP contribution in [-0.2, 0) is 6.54 Å². The number of carbonyl (C=O) groups excluding carboxylic acids is 1. The molecule has 0 bridgehead atoms. The maximum Gasteiger partial charge on any atom is 0.270 e. The Morgan fingerprint density at radius 3 is 3.00 bits per heavy atom. The van der Waals surface area contributed by atoms with Crippen LogP contribution in [0.5, 0.6) is 0 Å². The quantitative estimate of drug-likeness (QED) is 0.699. The number of aryl methyl sites for hydroxylation is 1. The molecule has 3 heterocycles. The molecule has 3 rings (SSSR count). The lowest BCUT2D eigenvalue weighted by atomic mass is 10.4. The molecular formula is C14H14N6OS. The van der Waals surface area contributed by atoms with Gasteiger partial charge < -0.3 is 9.88 Å². The van der Waals surface area contributed by atoms with E-state index >= 15 is 0 Å². The predicted octanol–water partition coefficient (Wildman–Crippen LogP) is 1.62. The third-order valence-electron chi connectivity index (χ3n) is 2.96. The molecule has 0 aliphatic rings. The molecule has 0 unspecified atom stereocenters. The Balaban J connectivity index is 1.51. The number of hydrogen-bond donors (Lipinski definition) is 1. The Kier molecular flexibility index (Phi) is 4.50. The summed E-state index contributed by atoms with van der Waals surface area (Å²) in [5, 5.41) is 5.28. The van der Waals surface area contributed by atoms with Crippen molar-refractivity contribution in [2.45, 2.75) is 13.0 Å². The lowest BCUT2D eigenvalue weighted by Crippen LogP contribution is -2.25. The van der Waals surface area contributed by atoms with Gasteiger partial charge in [0, 0.05) is 43.3 Å². The summed E-state index contributed by atoms with van der Waals surface area (Å²) in [7, 11) is 0. The van der Waals surface area contributed by atoms with Crippen molar-refractivity contribution in [2.24, 2.45) is 0 Å². The van der Waals surface area contributed by atoms with E-state index in [1.807, 2.05) is 10.8 Å². The highest BCUT2D eigenvalue weighted by Gasteiger charge is 2.12. The van der Waals surface area contributed by atoms with Gasteiger partial charge in [0.15, 0.2) is 0 Å². The molecule has 0 aliphatic carbocycles. The first-order valence-electron chi connectivity index (χ1n) is 6.79. The second kappa shape index (κ2) is 6.90. The molecule has 0 spiro atoms. The van der Waals surface area contributed by atoms with Crippen LogP contribution in [0.15, 0.2) is 42.7 Å². The van der Waals surface area contributed by atoms with Crippen LogP contribution in [-0.4, -0.2) is 37.0 Å². The smallest absolute Gasteiger partial charge is 0.270 e. The van der Waals surface area contributed by atoms with E-state index in [0.717, 1.165) is 13.0 Å². The van der Waals surface area contributed by atoms with Gasteiger partial charge in [-0.15, -0.1) is 11.3 Å². The molecule has 0 aliphatic heterocycles. The number of rotatable bonds is 6. The van der Waals surface area contributed by atoms with E-state index in [9.17, 15) is 4.79 Å². The monoisotopic (exact) mass is 314 g/mol. The van der Waals surface area contributed by atoms with Crippen LogP contribution in [0.2, 0.25) is 0 Å². The second-order valence-electron chi connectivity index (χ2n) is 4.54. The van der Waals surface area contributed by atoms with Gasteiger partial charge in [-0.1, -0.05) is 0 Å². The summed E-state index contributed by atoms with van der Waals surface area (Å²) >= 11 is 1.38. The first-order chi connectivity index (χ1) is 10.8. The molecule has 7 nitrogen and oxygen atoms in total. The molecule has 112 valence electrons. The normalized spacial score (nSPS) is 10.5. The molecule has 1 amide bonds. The van der Waals surface area contributed by atoms with Gasteiger partial charge in [-0.2, -0.15) is 0 Å². The zero-order chi connectivity index (χ0) is 15.2. The molecule has 0 aromatic carbocycles. The molecule has 1 N–H and O–H groups in total. The summed E-state index contributed by atoms with van der Waals surface area (Å²) in [4.78, 5) is 28.5. The number of amides is 1. The van der Waals surface area contributed by atoms with Gasteiger partial charge in [-0.25, -0.2) is 9.97 Å². The van der Waals surface area contributed by atoms with Crippen LogP contribution < -0.4 is 5.32 Å². The van der Waals surface area contributed by atoms with Gasteiger partial charge in [-0.05, 0) is 6.42 Å². The van der Waals surface area contributed by atoms with Gasteiger partial charge in [-0.3, -0.25) is 14.8 Å². The van der Waals surface area contributed by atoms with E-state index in [4.69, 9.17) is 0 Å². The van der Waals surface area contributed by atoms with E-state index in [1.165, 1.54) is 11.3 Å². The fourth-order valence-electron chi connectivity index (χ4n) is 1.88. The Labute approximate surface area is 131 Å². The van der Waals surface area contributed by atoms with Crippen LogP contribution in [0.4, 0.5) is 0 Å². The molecule has 0 radical (unpaired) electrons. The Morgan fingerprint density at radius 1 is 1.27 bits per heavy atom. The molecule has 0 atom stereocenters. The summed E-state index contributed by atoms with van der Waals surface area (Å²) in [5.74, 6) is -0.169. The lowest BCUT2D eigenvalue weighted by Gasteiger charge is -2.03. The fourth-order valence-corrected chi connectivity index (χ4v) is 2.64. The minimum absolute atomic E-state index is 0.169. The van der Waals surface area contributed by atoms with Gasteiger partial charge in [0.2, 0.25) is 0 Å². The number of carbonyl (C=O) groups is 1. The Morgan fingerprint density at radius 2 is 2.23 bits per heavy atom. The van der Waals surface area contributed by atoms with Gasteiger partial charge in [0.05, 0.1) is 12.5 Å². The van der Waals surface area contributed by atoms with Crippen molar-refractivity contribution in [3.8, 4) is 10.7 Å². The molecule has 3 aromatic rings. The van der Waals surface area contributed by atoms with Crippen molar-refractivity contribution < 1.29 is 4.79 Å². The first kappa shape index (κ1) is 14.3. The zero-order valence-corrected chi connectivity index (χ0v) is 12.5. The number of thiazole rings is 1. The Hall–Kier alpha value is -2.61. The maximum atomic E-state index is 12.0. The van der Waals surface area contributed by atoms with Gasteiger partial charge in [0.1, 0.15) is 16.4 Å². The molecule has 0 fully saturated rings. The van der Waals surface area contributed by atoms with E-state index < -0.39 is 0 Å². The van der Waals surface area contributed by atoms with Crippen molar-refractivity contribution in [3.05, 3.63) is 48.4 Å². The summed E-state index contributed by atoms with van der Waals surface area (Å²) < 4.78 is 1.97. The zero-order valence-electron chi connectivity index (χ0n) is 11.7. The topological polar surface area (TPSA) is 85.6 Å².